The van der Waals surface area contributed by atoms with Crippen molar-refractivity contribution >= 4 is 0 Å². The molecule has 1 aromatic heterocycles. The maximum Gasteiger partial charge on any atom is 0.297 e. The van der Waals surface area contributed by atoms with Gasteiger partial charge in [0.2, 0.25) is 5.89 Å². The van der Waals surface area contributed by atoms with Gasteiger partial charge in [0.05, 0.1) is 12.2 Å². The van der Waals surface area contributed by atoms with E-state index in [-0.39, 0.29) is 11.5 Å². The molecule has 1 N–H and O–H groups in total. The van der Waals surface area contributed by atoms with Crippen molar-refractivity contribution in [3.8, 4) is 0 Å². The van der Waals surface area contributed by atoms with Crippen LogP contribution in [0.5, 0.6) is 0 Å². The predicted octanol–water partition coefficient (Wildman–Crippen LogP) is 1.64. The maximum atomic E-state index is 12.1. The molecule has 0 aliphatic heterocycles. The van der Waals surface area contributed by atoms with E-state index < -0.39 is 6.43 Å². The Balaban J connectivity index is 2.85. The van der Waals surface area contributed by atoms with Gasteiger partial charge in [-0.25, -0.2) is 13.8 Å². The summed E-state index contributed by atoms with van der Waals surface area (Å²) in [6, 6.07) is 0. The number of hydrogen-bond donors (Lipinski definition) is 1. The lowest BCUT2D eigenvalue weighted by atomic mass is 10.4. The van der Waals surface area contributed by atoms with E-state index in [1.807, 2.05) is 0 Å². The van der Waals surface area contributed by atoms with Gasteiger partial charge in [0.25, 0.3) is 6.43 Å². The second-order valence-electron chi connectivity index (χ2n) is 2.39. The minimum Gasteiger partial charge on any atom is -0.438 e. The average Bonchev–Trinajstić information content (AvgIpc) is 2.32. The summed E-state index contributed by atoms with van der Waals surface area (Å²) >= 11 is 0. The molecule has 1 rings (SSSR count). The highest BCUT2D eigenvalue weighted by atomic mass is 19.3. The second-order valence-corrected chi connectivity index (χ2v) is 2.39. The lowest BCUT2D eigenvalue weighted by Gasteiger charge is -1.92. The van der Waals surface area contributed by atoms with Gasteiger partial charge in [-0.15, -0.1) is 0 Å². The zero-order valence-corrected chi connectivity index (χ0v) is 6.90. The molecule has 0 fully saturated rings. The molecular formula is C7H10F2N2O. The predicted molar refractivity (Wildman–Crippen MR) is 39.0 cm³/mol. The number of aryl methyl sites for hydroxylation is 1. The minimum absolute atomic E-state index is 0.259. The smallest absolute Gasteiger partial charge is 0.297 e. The molecule has 0 spiro atoms. The van der Waals surface area contributed by atoms with Gasteiger partial charge in [0.1, 0.15) is 0 Å². The van der Waals surface area contributed by atoms with Crippen molar-refractivity contribution in [1.29, 1.82) is 0 Å². The highest BCUT2D eigenvalue weighted by molar-refractivity contribution is 5.08. The summed E-state index contributed by atoms with van der Waals surface area (Å²) in [5, 5.41) is 2.76. The van der Waals surface area contributed by atoms with Crippen molar-refractivity contribution in [1.82, 2.24) is 10.3 Å². The Kier molecular flexibility index (Phi) is 2.75. The molecule has 0 amide bonds. The largest absolute Gasteiger partial charge is 0.438 e. The Morgan fingerprint density at radius 2 is 2.25 bits per heavy atom. The summed E-state index contributed by atoms with van der Waals surface area (Å²) in [5.74, 6) is -0.0365. The first-order chi connectivity index (χ1) is 5.65. The van der Waals surface area contributed by atoms with E-state index in [2.05, 4.69) is 10.3 Å². The SMILES string of the molecule is CNCc1nc(C)c(C(F)F)o1. The third-order valence-corrected chi connectivity index (χ3v) is 1.40. The van der Waals surface area contributed by atoms with Gasteiger partial charge in [-0.05, 0) is 14.0 Å². The van der Waals surface area contributed by atoms with Crippen molar-refractivity contribution < 1.29 is 13.2 Å². The average molecular weight is 176 g/mol. The summed E-state index contributed by atoms with van der Waals surface area (Å²) in [6.07, 6.45) is -2.58. The topological polar surface area (TPSA) is 38.1 Å². The Morgan fingerprint density at radius 1 is 1.58 bits per heavy atom. The van der Waals surface area contributed by atoms with Crippen molar-refractivity contribution in [3.63, 3.8) is 0 Å². The van der Waals surface area contributed by atoms with Gasteiger partial charge in [0, 0.05) is 0 Å². The van der Waals surface area contributed by atoms with Gasteiger partial charge < -0.3 is 9.73 Å². The fourth-order valence-corrected chi connectivity index (χ4v) is 0.895. The molecule has 0 unspecified atom stereocenters. The molecule has 12 heavy (non-hydrogen) atoms. The molecular weight excluding hydrogens is 166 g/mol. The molecule has 0 atom stereocenters. The number of alkyl halides is 2. The van der Waals surface area contributed by atoms with E-state index in [4.69, 9.17) is 4.42 Å². The van der Waals surface area contributed by atoms with Crippen LogP contribution in [0.4, 0.5) is 8.78 Å². The lowest BCUT2D eigenvalue weighted by molar-refractivity contribution is 0.119. The van der Waals surface area contributed by atoms with Gasteiger partial charge in [-0.2, -0.15) is 0 Å². The Labute approximate surface area is 68.8 Å². The molecule has 1 aromatic rings. The molecule has 5 heteroatoms. The summed E-state index contributed by atoms with van der Waals surface area (Å²) in [4.78, 5) is 3.81. The fourth-order valence-electron chi connectivity index (χ4n) is 0.895. The maximum absolute atomic E-state index is 12.1. The van der Waals surface area contributed by atoms with E-state index in [0.29, 0.717) is 12.4 Å². The monoisotopic (exact) mass is 176 g/mol. The van der Waals surface area contributed by atoms with Crippen molar-refractivity contribution in [2.75, 3.05) is 7.05 Å². The van der Waals surface area contributed by atoms with Crippen LogP contribution in [-0.4, -0.2) is 12.0 Å². The van der Waals surface area contributed by atoms with Crippen LogP contribution in [0.15, 0.2) is 4.42 Å². The van der Waals surface area contributed by atoms with E-state index >= 15 is 0 Å². The third kappa shape index (κ3) is 1.79. The molecule has 0 radical (unpaired) electrons. The van der Waals surface area contributed by atoms with Crippen LogP contribution in [0.3, 0.4) is 0 Å². The summed E-state index contributed by atoms with van der Waals surface area (Å²) in [6.45, 7) is 1.87. The number of aromatic nitrogens is 1. The Bertz CT molecular complexity index is 260. The normalized spacial score (nSPS) is 11.1. The van der Waals surface area contributed by atoms with Crippen LogP contribution in [0.1, 0.15) is 23.8 Å². The second kappa shape index (κ2) is 3.62. The van der Waals surface area contributed by atoms with Crippen LogP contribution in [0.25, 0.3) is 0 Å². The summed E-state index contributed by atoms with van der Waals surface area (Å²) in [5.41, 5.74) is 0.259. The quantitative estimate of drug-likeness (QED) is 0.760. The molecule has 68 valence electrons. The standard InChI is InChI=1S/C7H10F2N2O/c1-4-6(7(8)9)12-5(11-4)3-10-2/h7,10H,3H2,1-2H3. The Hall–Kier alpha value is -0.970. The molecule has 3 nitrogen and oxygen atoms in total. The van der Waals surface area contributed by atoms with E-state index in [1.165, 1.54) is 6.92 Å². The van der Waals surface area contributed by atoms with E-state index in [0.717, 1.165) is 0 Å². The number of halogens is 2. The zero-order chi connectivity index (χ0) is 9.14. The fraction of sp³-hybridized carbons (Fsp3) is 0.571. The van der Waals surface area contributed by atoms with Gasteiger partial charge in [-0.3, -0.25) is 0 Å². The molecule has 1 heterocycles. The van der Waals surface area contributed by atoms with E-state index in [1.54, 1.807) is 7.05 Å². The van der Waals surface area contributed by atoms with Crippen LogP contribution in [0.2, 0.25) is 0 Å². The molecule has 0 aromatic carbocycles. The molecule has 0 bridgehead atoms. The summed E-state index contributed by atoms with van der Waals surface area (Å²) < 4.78 is 29.0. The molecule has 0 aliphatic rings. The lowest BCUT2D eigenvalue weighted by Crippen LogP contribution is -2.04. The van der Waals surface area contributed by atoms with E-state index in [9.17, 15) is 8.78 Å². The molecule has 0 aliphatic carbocycles. The molecule has 0 saturated carbocycles. The minimum atomic E-state index is -2.58. The van der Waals surface area contributed by atoms with Gasteiger partial charge in [-0.1, -0.05) is 0 Å². The van der Waals surface area contributed by atoms with Crippen molar-refractivity contribution in [3.05, 3.63) is 17.3 Å². The number of nitrogens with one attached hydrogen (secondary N) is 1. The number of nitrogens with zero attached hydrogens (tertiary/aromatic N) is 1. The Morgan fingerprint density at radius 3 is 2.67 bits per heavy atom. The third-order valence-electron chi connectivity index (χ3n) is 1.40. The number of rotatable bonds is 3. The highest BCUT2D eigenvalue weighted by Crippen LogP contribution is 2.22. The zero-order valence-electron chi connectivity index (χ0n) is 6.90. The van der Waals surface area contributed by atoms with Gasteiger partial charge >= 0.3 is 0 Å². The number of hydrogen-bond acceptors (Lipinski definition) is 3. The van der Waals surface area contributed by atoms with Crippen LogP contribution in [0, 0.1) is 6.92 Å². The summed E-state index contributed by atoms with van der Waals surface area (Å²) in [7, 11) is 1.70. The van der Waals surface area contributed by atoms with Crippen LogP contribution >= 0.6 is 0 Å². The number of oxazole rings is 1. The van der Waals surface area contributed by atoms with Crippen molar-refractivity contribution in [2.24, 2.45) is 0 Å². The van der Waals surface area contributed by atoms with Crippen LogP contribution < -0.4 is 5.32 Å². The first-order valence-electron chi connectivity index (χ1n) is 3.54. The highest BCUT2D eigenvalue weighted by Gasteiger charge is 2.17. The van der Waals surface area contributed by atoms with Crippen LogP contribution in [-0.2, 0) is 6.54 Å². The van der Waals surface area contributed by atoms with Gasteiger partial charge in [0.15, 0.2) is 5.76 Å². The molecule has 0 saturated heterocycles. The first-order valence-corrected chi connectivity index (χ1v) is 3.54. The van der Waals surface area contributed by atoms with Crippen molar-refractivity contribution in [2.45, 2.75) is 19.9 Å². The first kappa shape index (κ1) is 9.12.